The summed E-state index contributed by atoms with van der Waals surface area (Å²) in [5, 5.41) is 3.12. The van der Waals surface area contributed by atoms with E-state index in [4.69, 9.17) is 11.6 Å². The summed E-state index contributed by atoms with van der Waals surface area (Å²) in [4.78, 5) is 12.7. The van der Waals surface area contributed by atoms with Gasteiger partial charge in [-0.15, -0.1) is 0 Å². The molecule has 3 rings (SSSR count). The number of para-hydroxylation sites is 1. The van der Waals surface area contributed by atoms with Gasteiger partial charge in [0, 0.05) is 10.7 Å². The lowest BCUT2D eigenvalue weighted by Gasteiger charge is -2.24. The number of carbonyl (C=O) groups excluding carboxylic acids is 1. The van der Waals surface area contributed by atoms with Crippen molar-refractivity contribution in [2.45, 2.75) is 18.7 Å². The molecule has 0 unspecified atom stereocenters. The minimum atomic E-state index is -4.19. The number of nitrogens with zero attached hydrogens (tertiary/aromatic N) is 1. The highest BCUT2D eigenvalue weighted by Gasteiger charge is 2.29. The van der Waals surface area contributed by atoms with Gasteiger partial charge >= 0.3 is 0 Å². The first kappa shape index (κ1) is 21.8. The van der Waals surface area contributed by atoms with Crippen molar-refractivity contribution in [3.8, 4) is 0 Å². The highest BCUT2D eigenvalue weighted by molar-refractivity contribution is 7.92. The maximum atomic E-state index is 14.5. The van der Waals surface area contributed by atoms with E-state index in [1.54, 1.807) is 37.3 Å². The molecule has 0 atom stereocenters. The van der Waals surface area contributed by atoms with Crippen molar-refractivity contribution < 1.29 is 17.6 Å². The highest BCUT2D eigenvalue weighted by atomic mass is 35.5. The molecule has 0 spiro atoms. The maximum Gasteiger partial charge on any atom is 0.264 e. The Morgan fingerprint density at radius 2 is 1.67 bits per heavy atom. The Bertz CT molecular complexity index is 1180. The van der Waals surface area contributed by atoms with E-state index in [1.165, 1.54) is 30.3 Å². The Hall–Kier alpha value is -2.90. The summed E-state index contributed by atoms with van der Waals surface area (Å²) in [6.07, 6.45) is 0. The molecule has 0 bridgehead atoms. The number of halogens is 2. The lowest BCUT2D eigenvalue weighted by Crippen LogP contribution is -2.38. The number of carbonyl (C=O) groups is 1. The van der Waals surface area contributed by atoms with E-state index in [-0.39, 0.29) is 10.6 Å². The standard InChI is InChI=1S/C22H20ClFN2O3S/c1-15-10-12-17(13-11-15)30(28,29)26(21-9-4-3-7-19(21)24)14-22(27)25-20-8-5-6-18(23)16(20)2/h3-13H,14H2,1-2H3,(H,25,27). The van der Waals surface area contributed by atoms with Crippen LogP contribution in [0.3, 0.4) is 0 Å². The second-order valence-corrected chi connectivity index (χ2v) is 9.01. The Balaban J connectivity index is 1.98. The van der Waals surface area contributed by atoms with Gasteiger partial charge in [0.05, 0.1) is 10.6 Å². The summed E-state index contributed by atoms with van der Waals surface area (Å²) in [7, 11) is -4.19. The van der Waals surface area contributed by atoms with E-state index in [0.717, 1.165) is 15.9 Å². The van der Waals surface area contributed by atoms with Crippen molar-refractivity contribution in [2.24, 2.45) is 0 Å². The van der Waals surface area contributed by atoms with Gasteiger partial charge in [-0.2, -0.15) is 0 Å². The molecule has 0 heterocycles. The molecule has 3 aromatic carbocycles. The van der Waals surface area contributed by atoms with Crippen LogP contribution >= 0.6 is 11.6 Å². The zero-order chi connectivity index (χ0) is 21.9. The molecule has 0 radical (unpaired) electrons. The lowest BCUT2D eigenvalue weighted by atomic mass is 10.2. The van der Waals surface area contributed by atoms with Crippen LogP contribution < -0.4 is 9.62 Å². The van der Waals surface area contributed by atoms with E-state index in [1.807, 2.05) is 6.92 Å². The highest BCUT2D eigenvalue weighted by Crippen LogP contribution is 2.27. The van der Waals surface area contributed by atoms with E-state index in [2.05, 4.69) is 5.32 Å². The number of anilines is 2. The molecular formula is C22H20ClFN2O3S. The maximum absolute atomic E-state index is 14.5. The zero-order valence-electron chi connectivity index (χ0n) is 16.4. The van der Waals surface area contributed by atoms with Gasteiger partial charge in [0.25, 0.3) is 10.0 Å². The normalized spacial score (nSPS) is 11.2. The summed E-state index contributed by atoms with van der Waals surface area (Å²) < 4.78 is 41.8. The van der Waals surface area contributed by atoms with Crippen LogP contribution in [0.25, 0.3) is 0 Å². The van der Waals surface area contributed by atoms with E-state index < -0.39 is 28.3 Å². The first-order valence-corrected chi connectivity index (χ1v) is 10.9. The Morgan fingerprint density at radius 1 is 1.00 bits per heavy atom. The van der Waals surface area contributed by atoms with Crippen LogP contribution in [0, 0.1) is 19.7 Å². The zero-order valence-corrected chi connectivity index (χ0v) is 18.0. The van der Waals surface area contributed by atoms with Crippen LogP contribution in [0.1, 0.15) is 11.1 Å². The minimum absolute atomic E-state index is 0.0388. The topological polar surface area (TPSA) is 66.5 Å². The summed E-state index contributed by atoms with van der Waals surface area (Å²) in [6, 6.07) is 16.6. The number of benzene rings is 3. The van der Waals surface area contributed by atoms with Gasteiger partial charge in [-0.25, -0.2) is 12.8 Å². The molecule has 0 aliphatic rings. The molecule has 0 aromatic heterocycles. The van der Waals surface area contributed by atoms with Crippen molar-refractivity contribution in [3.63, 3.8) is 0 Å². The van der Waals surface area contributed by atoms with Crippen LogP contribution in [-0.2, 0) is 14.8 Å². The molecule has 1 N–H and O–H groups in total. The smallest absolute Gasteiger partial charge is 0.264 e. The minimum Gasteiger partial charge on any atom is -0.324 e. The number of amides is 1. The van der Waals surface area contributed by atoms with Gasteiger partial charge in [-0.05, 0) is 55.8 Å². The molecule has 156 valence electrons. The molecule has 0 fully saturated rings. The van der Waals surface area contributed by atoms with Crippen LogP contribution in [0.4, 0.5) is 15.8 Å². The first-order chi connectivity index (χ1) is 14.2. The molecule has 5 nitrogen and oxygen atoms in total. The largest absolute Gasteiger partial charge is 0.324 e. The predicted octanol–water partition coefficient (Wildman–Crippen LogP) is 4.93. The number of rotatable bonds is 6. The number of sulfonamides is 1. The SMILES string of the molecule is Cc1ccc(S(=O)(=O)N(CC(=O)Nc2cccc(Cl)c2C)c2ccccc2F)cc1. The monoisotopic (exact) mass is 446 g/mol. The van der Waals surface area contributed by atoms with Crippen LogP contribution in [-0.4, -0.2) is 20.9 Å². The van der Waals surface area contributed by atoms with Crippen LogP contribution in [0.2, 0.25) is 5.02 Å². The number of nitrogens with one attached hydrogen (secondary N) is 1. The van der Waals surface area contributed by atoms with Crippen LogP contribution in [0.15, 0.2) is 71.6 Å². The van der Waals surface area contributed by atoms with Gasteiger partial charge in [-0.3, -0.25) is 9.10 Å². The van der Waals surface area contributed by atoms with Gasteiger partial charge in [0.2, 0.25) is 5.91 Å². The van der Waals surface area contributed by atoms with E-state index >= 15 is 0 Å². The quantitative estimate of drug-likeness (QED) is 0.583. The fourth-order valence-corrected chi connectivity index (χ4v) is 4.46. The Kier molecular flexibility index (Phi) is 6.43. The Morgan fingerprint density at radius 3 is 2.33 bits per heavy atom. The number of hydrogen-bond donors (Lipinski definition) is 1. The Labute approximate surface area is 180 Å². The van der Waals surface area contributed by atoms with Gasteiger partial charge in [-0.1, -0.05) is 47.5 Å². The number of hydrogen-bond acceptors (Lipinski definition) is 3. The fraction of sp³-hybridized carbons (Fsp3) is 0.136. The summed E-state index contributed by atoms with van der Waals surface area (Å²) >= 11 is 6.08. The van der Waals surface area contributed by atoms with E-state index in [0.29, 0.717) is 16.3 Å². The molecule has 30 heavy (non-hydrogen) atoms. The molecule has 3 aromatic rings. The molecule has 0 saturated heterocycles. The summed E-state index contributed by atoms with van der Waals surface area (Å²) in [5.74, 6) is -1.38. The molecule has 8 heteroatoms. The average molecular weight is 447 g/mol. The van der Waals surface area contributed by atoms with Crippen molar-refractivity contribution in [1.82, 2.24) is 0 Å². The first-order valence-electron chi connectivity index (χ1n) is 9.09. The molecular weight excluding hydrogens is 427 g/mol. The third-order valence-corrected chi connectivity index (χ3v) is 6.74. The van der Waals surface area contributed by atoms with Crippen molar-refractivity contribution >= 4 is 38.9 Å². The molecule has 0 saturated carbocycles. The lowest BCUT2D eigenvalue weighted by molar-refractivity contribution is -0.114. The van der Waals surface area contributed by atoms with Gasteiger partial charge in [0.15, 0.2) is 0 Å². The predicted molar refractivity (Wildman–Crippen MR) is 117 cm³/mol. The fourth-order valence-electron chi connectivity index (χ4n) is 2.85. The number of aryl methyl sites for hydroxylation is 1. The van der Waals surface area contributed by atoms with Gasteiger partial charge < -0.3 is 5.32 Å². The van der Waals surface area contributed by atoms with Gasteiger partial charge in [0.1, 0.15) is 12.4 Å². The van der Waals surface area contributed by atoms with E-state index in [9.17, 15) is 17.6 Å². The molecule has 0 aliphatic carbocycles. The summed E-state index contributed by atoms with van der Waals surface area (Å²) in [5.41, 5.74) is 1.76. The van der Waals surface area contributed by atoms with Crippen LogP contribution in [0.5, 0.6) is 0 Å². The second-order valence-electron chi connectivity index (χ2n) is 6.74. The van der Waals surface area contributed by atoms with Crippen molar-refractivity contribution in [1.29, 1.82) is 0 Å². The second kappa shape index (κ2) is 8.85. The van der Waals surface area contributed by atoms with Crippen molar-refractivity contribution in [3.05, 3.63) is 88.7 Å². The third kappa shape index (κ3) is 4.63. The molecule has 1 amide bonds. The average Bonchev–Trinajstić information content (AvgIpc) is 2.70. The third-order valence-electron chi connectivity index (χ3n) is 4.56. The summed E-state index contributed by atoms with van der Waals surface area (Å²) in [6.45, 7) is 2.95. The molecule has 0 aliphatic heterocycles. The van der Waals surface area contributed by atoms with Crippen molar-refractivity contribution in [2.75, 3.05) is 16.2 Å².